The molecule has 1 aromatic carbocycles. The summed E-state index contributed by atoms with van der Waals surface area (Å²) in [4.78, 5) is 14.5. The van der Waals surface area contributed by atoms with E-state index in [-0.39, 0.29) is 24.4 Å². The van der Waals surface area contributed by atoms with Gasteiger partial charge in [-0.25, -0.2) is 0 Å². The van der Waals surface area contributed by atoms with Crippen LogP contribution in [0.1, 0.15) is 32.6 Å². The first-order chi connectivity index (χ1) is 9.56. The predicted octanol–water partition coefficient (Wildman–Crippen LogP) is 4.62. The zero-order chi connectivity index (χ0) is 14.5. The predicted molar refractivity (Wildman–Crippen MR) is 91.8 cm³/mol. The maximum absolute atomic E-state index is 12.1. The quantitative estimate of drug-likeness (QED) is 0.858. The molecule has 1 heterocycles. The van der Waals surface area contributed by atoms with E-state index < -0.39 is 0 Å². The Kier molecular flexibility index (Phi) is 7.82. The molecular formula is C15H21Cl3N2O. The molecule has 1 amide bonds. The van der Waals surface area contributed by atoms with Gasteiger partial charge in [-0.3, -0.25) is 4.79 Å². The van der Waals surface area contributed by atoms with Crippen molar-refractivity contribution >= 4 is 47.2 Å². The van der Waals surface area contributed by atoms with Gasteiger partial charge in [-0.2, -0.15) is 0 Å². The van der Waals surface area contributed by atoms with E-state index in [4.69, 9.17) is 23.2 Å². The van der Waals surface area contributed by atoms with Gasteiger partial charge < -0.3 is 10.2 Å². The van der Waals surface area contributed by atoms with Gasteiger partial charge >= 0.3 is 0 Å². The molecule has 0 spiro atoms. The fraction of sp³-hybridized carbons (Fsp3) is 0.533. The minimum Gasteiger partial charge on any atom is -0.325 e. The van der Waals surface area contributed by atoms with Crippen LogP contribution >= 0.6 is 35.6 Å². The monoisotopic (exact) mass is 350 g/mol. The maximum Gasteiger partial charge on any atom is 0.225 e. The van der Waals surface area contributed by atoms with E-state index in [1.807, 2.05) is 0 Å². The maximum atomic E-state index is 12.1. The van der Waals surface area contributed by atoms with Gasteiger partial charge in [0.05, 0.1) is 10.7 Å². The van der Waals surface area contributed by atoms with E-state index in [0.717, 1.165) is 13.1 Å². The zero-order valence-electron chi connectivity index (χ0n) is 12.1. The van der Waals surface area contributed by atoms with Crippen LogP contribution in [-0.2, 0) is 4.79 Å². The summed E-state index contributed by atoms with van der Waals surface area (Å²) >= 11 is 11.9. The third kappa shape index (κ3) is 5.67. The van der Waals surface area contributed by atoms with E-state index in [0.29, 0.717) is 22.2 Å². The molecule has 0 aliphatic carbocycles. The van der Waals surface area contributed by atoms with Crippen LogP contribution in [0, 0.1) is 0 Å². The highest BCUT2D eigenvalue weighted by Gasteiger charge is 2.19. The smallest absolute Gasteiger partial charge is 0.225 e. The van der Waals surface area contributed by atoms with Gasteiger partial charge in [0.2, 0.25) is 5.91 Å². The molecule has 1 N–H and O–H groups in total. The average Bonchev–Trinajstić information content (AvgIpc) is 2.43. The number of hydrogen-bond acceptors (Lipinski definition) is 2. The number of likely N-dealkylation sites (tertiary alicyclic amines) is 1. The number of piperidine rings is 1. The zero-order valence-corrected chi connectivity index (χ0v) is 14.4. The lowest BCUT2D eigenvalue weighted by molar-refractivity contribution is -0.117. The molecule has 1 aromatic rings. The van der Waals surface area contributed by atoms with Crippen LogP contribution < -0.4 is 5.32 Å². The summed E-state index contributed by atoms with van der Waals surface area (Å²) in [6.07, 6.45) is 4.25. The van der Waals surface area contributed by atoms with Crippen molar-refractivity contribution in [3.05, 3.63) is 28.2 Å². The summed E-state index contributed by atoms with van der Waals surface area (Å²) in [7, 11) is 0. The lowest BCUT2D eigenvalue weighted by Gasteiger charge is -2.32. The normalized spacial score (nSPS) is 16.9. The lowest BCUT2D eigenvalue weighted by Crippen LogP contribution is -2.39. The molecule has 1 fully saturated rings. The number of halogens is 3. The number of benzene rings is 1. The van der Waals surface area contributed by atoms with Crippen LogP contribution in [0.2, 0.25) is 10.0 Å². The van der Waals surface area contributed by atoms with E-state index in [2.05, 4.69) is 17.1 Å². The molecule has 6 heteroatoms. The van der Waals surface area contributed by atoms with Crippen LogP contribution in [-0.4, -0.2) is 29.9 Å². The standard InChI is InChI=1S/C15H20Cl2N2O.ClH/c1-11(19-7-3-2-4-8-19)9-15(20)18-14-6-5-12(16)10-13(14)17;/h5-6,10-11H,2-4,7-9H2,1H3,(H,18,20);1H. The van der Waals surface area contributed by atoms with Crippen LogP contribution in [0.25, 0.3) is 0 Å². The van der Waals surface area contributed by atoms with E-state index in [1.165, 1.54) is 19.3 Å². The topological polar surface area (TPSA) is 32.3 Å². The molecule has 1 atom stereocenters. The van der Waals surface area contributed by atoms with Crippen molar-refractivity contribution in [1.82, 2.24) is 4.90 Å². The van der Waals surface area contributed by atoms with E-state index in [1.54, 1.807) is 18.2 Å². The van der Waals surface area contributed by atoms with Crippen molar-refractivity contribution in [3.63, 3.8) is 0 Å². The number of anilines is 1. The number of carbonyl (C=O) groups excluding carboxylic acids is 1. The fourth-order valence-corrected chi connectivity index (χ4v) is 3.00. The third-order valence-electron chi connectivity index (χ3n) is 3.70. The second kappa shape index (κ2) is 8.84. The molecule has 1 aliphatic heterocycles. The second-order valence-electron chi connectivity index (χ2n) is 5.32. The van der Waals surface area contributed by atoms with Crippen molar-refractivity contribution in [2.45, 2.75) is 38.6 Å². The van der Waals surface area contributed by atoms with E-state index in [9.17, 15) is 4.79 Å². The lowest BCUT2D eigenvalue weighted by atomic mass is 10.1. The SMILES string of the molecule is CC(CC(=O)Nc1ccc(Cl)cc1Cl)N1CCCCC1.Cl. The number of carbonyl (C=O) groups is 1. The minimum absolute atomic E-state index is 0. The second-order valence-corrected chi connectivity index (χ2v) is 6.17. The number of nitrogens with zero attached hydrogens (tertiary/aromatic N) is 1. The molecule has 118 valence electrons. The molecule has 0 aromatic heterocycles. The van der Waals surface area contributed by atoms with Crippen LogP contribution in [0.15, 0.2) is 18.2 Å². The Labute approximate surface area is 142 Å². The Morgan fingerprint density at radius 2 is 1.95 bits per heavy atom. The Bertz CT molecular complexity index is 476. The highest BCUT2D eigenvalue weighted by atomic mass is 35.5. The van der Waals surface area contributed by atoms with Gasteiger partial charge in [-0.1, -0.05) is 29.6 Å². The first-order valence-electron chi connectivity index (χ1n) is 7.05. The molecule has 2 rings (SSSR count). The summed E-state index contributed by atoms with van der Waals surface area (Å²) in [5, 5.41) is 3.88. The van der Waals surface area contributed by atoms with Gasteiger partial charge in [0, 0.05) is 17.5 Å². The molecule has 3 nitrogen and oxygen atoms in total. The number of nitrogens with one attached hydrogen (secondary N) is 1. The van der Waals surface area contributed by atoms with Crippen molar-refractivity contribution in [2.75, 3.05) is 18.4 Å². The number of amides is 1. The van der Waals surface area contributed by atoms with Gasteiger partial charge in [-0.15, -0.1) is 12.4 Å². The largest absolute Gasteiger partial charge is 0.325 e. The number of rotatable bonds is 4. The molecule has 1 saturated heterocycles. The molecule has 21 heavy (non-hydrogen) atoms. The van der Waals surface area contributed by atoms with Crippen molar-refractivity contribution in [1.29, 1.82) is 0 Å². The summed E-state index contributed by atoms with van der Waals surface area (Å²) in [5.41, 5.74) is 0.618. The summed E-state index contributed by atoms with van der Waals surface area (Å²) in [6, 6.07) is 5.35. The third-order valence-corrected chi connectivity index (χ3v) is 4.25. The van der Waals surface area contributed by atoms with Gasteiger partial charge in [0.15, 0.2) is 0 Å². The molecule has 0 radical (unpaired) electrons. The average molecular weight is 352 g/mol. The Morgan fingerprint density at radius 3 is 2.57 bits per heavy atom. The highest BCUT2D eigenvalue weighted by Crippen LogP contribution is 2.25. The summed E-state index contributed by atoms with van der Waals surface area (Å²) < 4.78 is 0. The molecule has 1 unspecified atom stereocenters. The number of hydrogen-bond donors (Lipinski definition) is 1. The Morgan fingerprint density at radius 1 is 1.29 bits per heavy atom. The minimum atomic E-state index is -0.00713. The Balaban J connectivity index is 0.00000220. The van der Waals surface area contributed by atoms with Crippen LogP contribution in [0.3, 0.4) is 0 Å². The molecule has 1 aliphatic rings. The fourth-order valence-electron chi connectivity index (χ4n) is 2.55. The van der Waals surface area contributed by atoms with Crippen molar-refractivity contribution in [2.24, 2.45) is 0 Å². The van der Waals surface area contributed by atoms with Crippen molar-refractivity contribution < 1.29 is 4.79 Å². The Hall–Kier alpha value is -0.480. The first kappa shape index (κ1) is 18.6. The molecule has 0 saturated carbocycles. The summed E-state index contributed by atoms with van der Waals surface area (Å²) in [6.45, 7) is 4.29. The summed E-state index contributed by atoms with van der Waals surface area (Å²) in [5.74, 6) is -0.00713. The van der Waals surface area contributed by atoms with E-state index >= 15 is 0 Å². The van der Waals surface area contributed by atoms with Crippen LogP contribution in [0.4, 0.5) is 5.69 Å². The highest BCUT2D eigenvalue weighted by molar-refractivity contribution is 6.36. The molecule has 0 bridgehead atoms. The molecular weight excluding hydrogens is 331 g/mol. The van der Waals surface area contributed by atoms with Gasteiger partial charge in [0.25, 0.3) is 0 Å². The first-order valence-corrected chi connectivity index (χ1v) is 7.81. The van der Waals surface area contributed by atoms with Gasteiger partial charge in [0.1, 0.15) is 0 Å². The van der Waals surface area contributed by atoms with Crippen molar-refractivity contribution in [3.8, 4) is 0 Å². The van der Waals surface area contributed by atoms with Gasteiger partial charge in [-0.05, 0) is 51.1 Å². The van der Waals surface area contributed by atoms with Crippen LogP contribution in [0.5, 0.6) is 0 Å².